The molecule has 17 rings (SSSR count). The molecule has 0 N–H and O–H groups in total. The number of benzene rings is 3. The summed E-state index contributed by atoms with van der Waals surface area (Å²) in [5.74, 6) is 3.40. The van der Waals surface area contributed by atoms with Crippen LogP contribution in [0.1, 0.15) is 302 Å². The molecule has 0 amide bonds. The summed E-state index contributed by atoms with van der Waals surface area (Å²) in [6.45, 7) is 50.9. The second kappa shape index (κ2) is 20.1. The van der Waals surface area contributed by atoms with Crippen molar-refractivity contribution in [2.24, 2.45) is 39.4 Å². The zero-order chi connectivity index (χ0) is 64.9. The SMILES string of the molecule is Cc1cc2c(cc1N1C3=C(C=CC(C(C)(C)C)C3)B3c4oc5c(c4N(c4cc6c(cc4C4=CCCCC4)C(C)(C)CCC6(C)C)C4=C[C@H](N6c7cc(C(C)(C)C)ccc7C7CCC(C(C)(C)C)C[C@@H]76)CC1C34)CC1C(=C5)C3(C)CCC1(C)CC3)C(C)(C)CCC2(C)C. The van der Waals surface area contributed by atoms with Crippen LogP contribution in [-0.2, 0) is 33.5 Å². The van der Waals surface area contributed by atoms with Gasteiger partial charge < -0.3 is 19.1 Å². The molecule has 4 heterocycles. The van der Waals surface area contributed by atoms with Crippen LogP contribution < -0.4 is 20.4 Å². The Morgan fingerprint density at radius 1 is 0.641 bits per heavy atom. The molecule has 8 atom stereocenters. The highest BCUT2D eigenvalue weighted by Gasteiger charge is 2.62. The minimum absolute atomic E-state index is 0.0236. The maximum absolute atomic E-state index is 8.23. The van der Waals surface area contributed by atoms with Crippen molar-refractivity contribution in [1.29, 1.82) is 0 Å². The van der Waals surface area contributed by atoms with Gasteiger partial charge in [-0.1, -0.05) is 179 Å². The number of fused-ring (bicyclic) bond motifs is 12. The number of nitrogens with zero attached hydrogens (tertiary/aromatic N) is 3. The molecule has 6 unspecified atom stereocenters. The van der Waals surface area contributed by atoms with Crippen LogP contribution in [0.3, 0.4) is 0 Å². The fourth-order valence-electron chi connectivity index (χ4n) is 22.2. The van der Waals surface area contributed by atoms with Crippen molar-refractivity contribution in [3.8, 4) is 0 Å². The molecule has 0 spiro atoms. The Hall–Kier alpha value is -4.90. The van der Waals surface area contributed by atoms with Crippen LogP contribution in [0.2, 0.25) is 5.82 Å². The predicted octanol–water partition coefficient (Wildman–Crippen LogP) is 22.7. The molecule has 488 valence electrons. The summed E-state index contributed by atoms with van der Waals surface area (Å²) < 4.78 is 8.23. The molecule has 3 aromatic carbocycles. The summed E-state index contributed by atoms with van der Waals surface area (Å²) in [4.78, 5) is 9.30. The van der Waals surface area contributed by atoms with Gasteiger partial charge in [0, 0.05) is 57.7 Å². The lowest BCUT2D eigenvalue weighted by molar-refractivity contribution is 0.0158. The van der Waals surface area contributed by atoms with Gasteiger partial charge in [-0.15, -0.1) is 0 Å². The monoisotopic (exact) mass is 1230 g/mol. The summed E-state index contributed by atoms with van der Waals surface area (Å²) in [5, 5.41) is 0. The zero-order valence-corrected chi connectivity index (χ0v) is 61.1. The Morgan fingerprint density at radius 3 is 1.92 bits per heavy atom. The largest absolute Gasteiger partial charge is 0.469 e. The van der Waals surface area contributed by atoms with E-state index in [1.165, 1.54) is 145 Å². The minimum atomic E-state index is 0.0236. The van der Waals surface area contributed by atoms with Gasteiger partial charge in [-0.3, -0.25) is 0 Å². The van der Waals surface area contributed by atoms with Crippen molar-refractivity contribution in [3.05, 3.63) is 145 Å². The van der Waals surface area contributed by atoms with Gasteiger partial charge in [-0.25, -0.2) is 0 Å². The predicted molar refractivity (Wildman–Crippen MR) is 392 cm³/mol. The van der Waals surface area contributed by atoms with E-state index in [0.717, 1.165) is 32.1 Å². The third-order valence-electron chi connectivity index (χ3n) is 28.8. The Morgan fingerprint density at radius 2 is 1.29 bits per heavy atom. The van der Waals surface area contributed by atoms with E-state index in [-0.39, 0.29) is 73.3 Å². The van der Waals surface area contributed by atoms with Crippen LogP contribution in [0.25, 0.3) is 11.6 Å². The molecule has 0 radical (unpaired) electrons. The molecule has 4 nitrogen and oxygen atoms in total. The first-order valence-electron chi connectivity index (χ1n) is 37.6. The van der Waals surface area contributed by atoms with Crippen LogP contribution in [0.4, 0.5) is 22.7 Å². The van der Waals surface area contributed by atoms with E-state index < -0.39 is 0 Å². The van der Waals surface area contributed by atoms with Gasteiger partial charge in [0.05, 0.1) is 23.1 Å². The van der Waals surface area contributed by atoms with Crippen molar-refractivity contribution in [2.45, 2.75) is 311 Å². The topological polar surface area (TPSA) is 22.9 Å². The number of allylic oxidation sites excluding steroid dienone is 7. The molecular weight excluding hydrogens is 1110 g/mol. The third-order valence-corrected chi connectivity index (χ3v) is 28.8. The van der Waals surface area contributed by atoms with Crippen LogP contribution in [0.15, 0.2) is 93.6 Å². The van der Waals surface area contributed by atoms with Crippen LogP contribution in [0.5, 0.6) is 0 Å². The standard InChI is InChI=1S/C87H116BN3O/c1-51-40-61-63(84(15,16)34-32-82(61,11)12)48-68(51)90-72-43-55(81(8,9)10)28-31-67(72)88-76-73(90)44-56(89-69-41-53(79(2,3)4)26-29-57(69)58-30-27-54(42-70(58)89)80(5,6)7)45-74(76)91(77-60-47-65-66(50-75(60)92-78(77)88)87(20)38-36-86(65,19)37-39-87)71-49-64-62(83(13,14)33-35-85(64,17)18)46-59(71)52-24-22-21-23-25-52/h24,26,28-29,31,40-41,45-46,48-50,54-56,58,65,70,73,76H,21-23,25,27,30,32-39,42-44,47H2,1-20H3/t54?,55?,56-,58?,65?,70+,73?,76?,86?,87?/m1/s1. The number of hydrogen-bond donors (Lipinski definition) is 0. The van der Waals surface area contributed by atoms with Crippen molar-refractivity contribution in [2.75, 3.05) is 14.7 Å². The smallest absolute Gasteiger partial charge is 0.271 e. The van der Waals surface area contributed by atoms with E-state index in [0.29, 0.717) is 29.7 Å². The fourth-order valence-corrected chi connectivity index (χ4v) is 22.2. The molecule has 5 heteroatoms. The van der Waals surface area contributed by atoms with E-state index >= 15 is 0 Å². The maximum atomic E-state index is 8.23. The number of anilines is 4. The van der Waals surface area contributed by atoms with Gasteiger partial charge in [0.2, 0.25) is 0 Å². The first kappa shape index (κ1) is 61.9. The summed E-state index contributed by atoms with van der Waals surface area (Å²) >= 11 is 0. The first-order valence-corrected chi connectivity index (χ1v) is 37.6. The molecular formula is C87H116BN3O. The second-order valence-electron chi connectivity index (χ2n) is 39.4. The number of aryl methyl sites for hydroxylation is 1. The van der Waals surface area contributed by atoms with E-state index in [1.54, 1.807) is 50.4 Å². The highest BCUT2D eigenvalue weighted by molar-refractivity contribution is 6.84. The Balaban J connectivity index is 1.03. The van der Waals surface area contributed by atoms with Crippen molar-refractivity contribution in [3.63, 3.8) is 0 Å². The Bertz CT molecular complexity index is 3920. The average molecular weight is 1230 g/mol. The molecule has 10 aliphatic carbocycles. The maximum Gasteiger partial charge on any atom is 0.271 e. The fraction of sp³-hybridized carbons (Fsp3) is 0.632. The molecule has 3 aliphatic heterocycles. The Kier molecular flexibility index (Phi) is 13.5. The lowest BCUT2D eigenvalue weighted by Crippen LogP contribution is -2.63. The van der Waals surface area contributed by atoms with Gasteiger partial charge in [0.1, 0.15) is 5.76 Å². The molecule has 0 saturated heterocycles. The molecule has 4 aromatic rings. The zero-order valence-electron chi connectivity index (χ0n) is 61.1. The highest BCUT2D eigenvalue weighted by Crippen LogP contribution is 2.67. The van der Waals surface area contributed by atoms with Gasteiger partial charge in [-0.05, 0) is 270 Å². The number of furan rings is 1. The highest BCUT2D eigenvalue weighted by atomic mass is 16.3. The van der Waals surface area contributed by atoms with Crippen molar-refractivity contribution < 1.29 is 4.42 Å². The summed E-state index contributed by atoms with van der Waals surface area (Å²) in [6.07, 6.45) is 35.6. The summed E-state index contributed by atoms with van der Waals surface area (Å²) in [7, 11) is 0. The number of hydrogen-bond acceptors (Lipinski definition) is 4. The van der Waals surface area contributed by atoms with Crippen LogP contribution >= 0.6 is 0 Å². The molecule has 2 bridgehead atoms. The molecule has 4 fully saturated rings. The average Bonchev–Trinajstić information content (AvgIpc) is 1.28. The van der Waals surface area contributed by atoms with E-state index in [1.807, 2.05) is 0 Å². The van der Waals surface area contributed by atoms with E-state index in [2.05, 4.69) is 226 Å². The summed E-state index contributed by atoms with van der Waals surface area (Å²) in [6, 6.07) is 19.7. The van der Waals surface area contributed by atoms with E-state index in [9.17, 15) is 0 Å². The second-order valence-corrected chi connectivity index (χ2v) is 39.4. The van der Waals surface area contributed by atoms with Crippen molar-refractivity contribution in [1.82, 2.24) is 0 Å². The third kappa shape index (κ3) is 9.18. The summed E-state index contributed by atoms with van der Waals surface area (Å²) in [5.41, 5.74) is 30.0. The molecule has 1 aromatic heterocycles. The lowest BCUT2D eigenvalue weighted by atomic mass is 9.28. The van der Waals surface area contributed by atoms with Gasteiger partial charge in [0.25, 0.3) is 6.71 Å². The van der Waals surface area contributed by atoms with Crippen molar-refractivity contribution >= 4 is 46.8 Å². The van der Waals surface area contributed by atoms with E-state index in [4.69, 9.17) is 4.42 Å². The van der Waals surface area contributed by atoms with Gasteiger partial charge in [-0.2, -0.15) is 0 Å². The first-order chi connectivity index (χ1) is 43.1. The lowest BCUT2D eigenvalue weighted by Gasteiger charge is -2.59. The normalized spacial score (nSPS) is 32.7. The van der Waals surface area contributed by atoms with Gasteiger partial charge in [0.15, 0.2) is 0 Å². The Labute approximate surface area is 558 Å². The molecule has 4 saturated carbocycles. The molecule has 13 aliphatic rings. The van der Waals surface area contributed by atoms with Crippen LogP contribution in [-0.4, -0.2) is 24.8 Å². The minimum Gasteiger partial charge on any atom is -0.469 e. The van der Waals surface area contributed by atoms with Gasteiger partial charge >= 0.3 is 0 Å². The number of rotatable bonds is 4. The quantitative estimate of drug-likeness (QED) is 0.190. The molecule has 92 heavy (non-hydrogen) atoms. The van der Waals surface area contributed by atoms with Crippen LogP contribution in [0, 0.1) is 46.3 Å².